The highest BCUT2D eigenvalue weighted by Gasteiger charge is 2.67. The summed E-state index contributed by atoms with van der Waals surface area (Å²) in [6, 6.07) is 11.9. The largest absolute Gasteiger partial charge is 0.426 e. The minimum Gasteiger partial charge on any atom is -0.426 e. The fraction of sp³-hybridized carbons (Fsp3) is 0.379. The highest BCUT2D eigenvalue weighted by atomic mass is 35.5. The Labute approximate surface area is 219 Å². The summed E-state index contributed by atoms with van der Waals surface area (Å²) in [4.78, 5) is 55.2. The van der Waals surface area contributed by atoms with Crippen LogP contribution >= 0.6 is 11.6 Å². The summed E-state index contributed by atoms with van der Waals surface area (Å²) in [7, 11) is 0. The smallest absolute Gasteiger partial charge is 0.316 e. The lowest BCUT2D eigenvalue weighted by Gasteiger charge is -2.37. The van der Waals surface area contributed by atoms with Gasteiger partial charge in [-0.25, -0.2) is 4.90 Å². The third kappa shape index (κ3) is 3.40. The molecule has 3 amide bonds. The molecule has 0 spiro atoms. The maximum Gasteiger partial charge on any atom is 0.316 e. The summed E-state index contributed by atoms with van der Waals surface area (Å²) >= 11 is 5.94. The number of benzene rings is 2. The number of hydrogen-bond donors (Lipinski definition) is 0. The van der Waals surface area contributed by atoms with Crippen LogP contribution in [0.5, 0.6) is 5.75 Å². The number of anilines is 2. The zero-order valence-electron chi connectivity index (χ0n) is 20.2. The van der Waals surface area contributed by atoms with Crippen LogP contribution in [0.1, 0.15) is 18.4 Å². The van der Waals surface area contributed by atoms with Gasteiger partial charge in [0.15, 0.2) is 0 Å². The third-order valence-corrected chi connectivity index (χ3v) is 9.14. The Morgan fingerprint density at radius 2 is 1.59 bits per heavy atom. The van der Waals surface area contributed by atoms with E-state index in [1.807, 2.05) is 0 Å². The second-order valence-electron chi connectivity index (χ2n) is 10.9. The molecular weight excluding hydrogens is 492 g/mol. The van der Waals surface area contributed by atoms with Crippen molar-refractivity contribution < 1.29 is 23.9 Å². The molecule has 4 aliphatic carbocycles. The van der Waals surface area contributed by atoms with E-state index in [0.29, 0.717) is 39.5 Å². The van der Waals surface area contributed by atoms with Gasteiger partial charge in [0, 0.05) is 23.7 Å². The fourth-order valence-corrected chi connectivity index (χ4v) is 7.20. The standard InChI is InChI=1S/C29H25ClN2O5/c1-14-10-18(37-29(36)15-11-24(33)31(13-15)17-4-2-16(30)3-5-17)6-9-23(14)32-27(34)25-19-7-8-20(22-12-21(19)22)26(25)28(32)35/h2-10,15,19-22,25-26H,11-13H2,1H3/t15-,19+,20+,21-,22+,25-,26-/m1/s1. The Balaban J connectivity index is 1.06. The molecule has 4 fully saturated rings. The molecule has 0 radical (unpaired) electrons. The number of halogens is 1. The molecule has 37 heavy (non-hydrogen) atoms. The Bertz CT molecular complexity index is 1370. The van der Waals surface area contributed by atoms with Crippen molar-refractivity contribution in [1.82, 2.24) is 0 Å². The van der Waals surface area contributed by atoms with Crippen LogP contribution in [-0.4, -0.2) is 30.2 Å². The minimum absolute atomic E-state index is 0.0659. The van der Waals surface area contributed by atoms with E-state index in [-0.39, 0.29) is 54.4 Å². The van der Waals surface area contributed by atoms with Gasteiger partial charge in [0.2, 0.25) is 17.7 Å². The lowest BCUT2D eigenvalue weighted by atomic mass is 9.63. The van der Waals surface area contributed by atoms with Crippen LogP contribution in [0.25, 0.3) is 0 Å². The monoisotopic (exact) mass is 516 g/mol. The molecule has 2 bridgehead atoms. The first kappa shape index (κ1) is 22.7. The van der Waals surface area contributed by atoms with E-state index in [1.54, 1.807) is 54.3 Å². The number of hydrogen-bond acceptors (Lipinski definition) is 5. The zero-order valence-corrected chi connectivity index (χ0v) is 20.9. The maximum atomic E-state index is 13.4. The predicted octanol–water partition coefficient (Wildman–Crippen LogP) is 4.16. The molecule has 0 unspecified atom stereocenters. The van der Waals surface area contributed by atoms with Crippen molar-refractivity contribution in [3.63, 3.8) is 0 Å². The summed E-state index contributed by atoms with van der Waals surface area (Å²) in [6.45, 7) is 2.04. The second kappa shape index (κ2) is 8.02. The quantitative estimate of drug-likeness (QED) is 0.264. The topological polar surface area (TPSA) is 84.0 Å². The van der Waals surface area contributed by atoms with Crippen LogP contribution in [0.2, 0.25) is 5.02 Å². The molecule has 6 aliphatic rings. The minimum atomic E-state index is -0.595. The van der Waals surface area contributed by atoms with Crippen molar-refractivity contribution in [3.8, 4) is 5.75 Å². The first-order valence-electron chi connectivity index (χ1n) is 12.8. The highest BCUT2D eigenvalue weighted by Crippen LogP contribution is 2.65. The summed E-state index contributed by atoms with van der Waals surface area (Å²) in [6.07, 6.45) is 5.51. The van der Waals surface area contributed by atoms with Gasteiger partial charge in [-0.1, -0.05) is 23.8 Å². The number of carbonyl (C=O) groups excluding carboxylic acids is 4. The Morgan fingerprint density at radius 1 is 0.946 bits per heavy atom. The van der Waals surface area contributed by atoms with E-state index in [0.717, 1.165) is 6.42 Å². The van der Waals surface area contributed by atoms with Gasteiger partial charge in [-0.2, -0.15) is 0 Å². The van der Waals surface area contributed by atoms with Crippen molar-refractivity contribution >= 4 is 46.7 Å². The molecular formula is C29H25ClN2O5. The Kier molecular flexibility index (Phi) is 4.93. The lowest BCUT2D eigenvalue weighted by Crippen LogP contribution is -2.40. The van der Waals surface area contributed by atoms with E-state index in [4.69, 9.17) is 16.3 Å². The van der Waals surface area contributed by atoms with E-state index in [9.17, 15) is 19.2 Å². The van der Waals surface area contributed by atoms with Crippen LogP contribution in [0.15, 0.2) is 54.6 Å². The van der Waals surface area contributed by atoms with Gasteiger partial charge in [0.05, 0.1) is 23.4 Å². The molecule has 188 valence electrons. The summed E-state index contributed by atoms with van der Waals surface area (Å²) in [5.41, 5.74) is 1.91. The molecule has 2 saturated carbocycles. The van der Waals surface area contributed by atoms with E-state index in [2.05, 4.69) is 12.2 Å². The molecule has 8 rings (SSSR count). The van der Waals surface area contributed by atoms with E-state index < -0.39 is 11.9 Å². The molecule has 0 aromatic heterocycles. The van der Waals surface area contributed by atoms with Gasteiger partial charge in [-0.15, -0.1) is 0 Å². The molecule has 2 saturated heterocycles. The average Bonchev–Trinajstić information content (AvgIpc) is 3.56. The summed E-state index contributed by atoms with van der Waals surface area (Å²) < 4.78 is 5.62. The van der Waals surface area contributed by atoms with Gasteiger partial charge in [-0.3, -0.25) is 19.2 Å². The number of amides is 3. The predicted molar refractivity (Wildman–Crippen MR) is 136 cm³/mol. The Hall–Kier alpha value is -3.45. The number of carbonyl (C=O) groups is 4. The number of esters is 1. The van der Waals surface area contributed by atoms with Crippen LogP contribution in [0, 0.1) is 48.3 Å². The van der Waals surface area contributed by atoms with Gasteiger partial charge in [0.25, 0.3) is 0 Å². The van der Waals surface area contributed by atoms with Crippen molar-refractivity contribution in [1.29, 1.82) is 0 Å². The fourth-order valence-electron chi connectivity index (χ4n) is 7.07. The van der Waals surface area contributed by atoms with Crippen molar-refractivity contribution in [2.75, 3.05) is 16.3 Å². The number of nitrogens with zero attached hydrogens (tertiary/aromatic N) is 2. The SMILES string of the molecule is Cc1cc(OC(=O)[C@@H]2CC(=O)N(c3ccc(Cl)cc3)C2)ccc1N1C(=O)[C@@H]2[C@H]3C=C[C@@H]([C@@H]4C[C@H]34)[C@H]2C1=O. The van der Waals surface area contributed by atoms with Crippen molar-refractivity contribution in [3.05, 3.63) is 65.2 Å². The molecule has 2 aromatic carbocycles. The van der Waals surface area contributed by atoms with Gasteiger partial charge >= 0.3 is 5.97 Å². The number of aryl methyl sites for hydroxylation is 1. The highest BCUT2D eigenvalue weighted by molar-refractivity contribution is 6.30. The molecule has 7 atom stereocenters. The Morgan fingerprint density at radius 3 is 2.22 bits per heavy atom. The molecule has 2 aromatic rings. The van der Waals surface area contributed by atoms with Gasteiger partial charge < -0.3 is 9.64 Å². The first-order chi connectivity index (χ1) is 17.8. The van der Waals surface area contributed by atoms with Crippen LogP contribution < -0.4 is 14.5 Å². The molecule has 0 N–H and O–H groups in total. The van der Waals surface area contributed by atoms with Crippen molar-refractivity contribution in [2.45, 2.75) is 19.8 Å². The van der Waals surface area contributed by atoms with Gasteiger partial charge in [-0.05, 0) is 85.0 Å². The average molecular weight is 517 g/mol. The van der Waals surface area contributed by atoms with Crippen LogP contribution in [-0.2, 0) is 19.2 Å². The molecule has 2 heterocycles. The van der Waals surface area contributed by atoms with E-state index >= 15 is 0 Å². The zero-order chi connectivity index (χ0) is 25.6. The number of rotatable bonds is 4. The number of allylic oxidation sites excluding steroid dienone is 2. The third-order valence-electron chi connectivity index (χ3n) is 8.89. The molecule has 7 nitrogen and oxygen atoms in total. The number of imide groups is 1. The normalized spacial score (nSPS) is 33.1. The van der Waals surface area contributed by atoms with Crippen molar-refractivity contribution in [2.24, 2.45) is 41.4 Å². The second-order valence-corrected chi connectivity index (χ2v) is 11.4. The number of ether oxygens (including phenoxy) is 1. The van der Waals surface area contributed by atoms with E-state index in [1.165, 1.54) is 4.90 Å². The van der Waals surface area contributed by atoms with Crippen LogP contribution in [0.3, 0.4) is 0 Å². The van der Waals surface area contributed by atoms with Crippen LogP contribution in [0.4, 0.5) is 11.4 Å². The molecule has 8 heteroatoms. The summed E-state index contributed by atoms with van der Waals surface area (Å²) in [5, 5.41) is 0.571. The first-order valence-corrected chi connectivity index (χ1v) is 13.1. The maximum absolute atomic E-state index is 13.4. The molecule has 2 aliphatic heterocycles. The summed E-state index contributed by atoms with van der Waals surface area (Å²) in [5.74, 6) is -0.208. The lowest BCUT2D eigenvalue weighted by molar-refractivity contribution is -0.139. The van der Waals surface area contributed by atoms with Gasteiger partial charge in [0.1, 0.15) is 5.75 Å².